The van der Waals surface area contributed by atoms with Gasteiger partial charge in [0.15, 0.2) is 31.3 Å². The summed E-state index contributed by atoms with van der Waals surface area (Å²) in [5.41, 5.74) is 3.35. The second-order valence-corrected chi connectivity index (χ2v) is 13.6. The van der Waals surface area contributed by atoms with Gasteiger partial charge in [-0.3, -0.25) is 19.2 Å². The van der Waals surface area contributed by atoms with Gasteiger partial charge in [-0.05, 0) is 49.2 Å². The number of esters is 1. The Morgan fingerprint density at radius 1 is 0.692 bits per heavy atom. The molecule has 0 N–H and O–H groups in total. The predicted octanol–water partition coefficient (Wildman–Crippen LogP) is 5.38. The maximum Gasteiger partial charge on any atom is 0.309 e. The van der Waals surface area contributed by atoms with Crippen LogP contribution in [0.3, 0.4) is 0 Å². The number of carbonyl (C=O) groups is 4. The van der Waals surface area contributed by atoms with Crippen molar-refractivity contribution in [3.63, 3.8) is 0 Å². The van der Waals surface area contributed by atoms with Crippen LogP contribution in [0.15, 0.2) is 35.4 Å². The Labute approximate surface area is 299 Å². The molecule has 2 aliphatic carbocycles. The molecule has 13 heteroatoms. The third-order valence-electron chi connectivity index (χ3n) is 10.6. The lowest BCUT2D eigenvalue weighted by molar-refractivity contribution is -0.143. The van der Waals surface area contributed by atoms with Gasteiger partial charge in [-0.25, -0.2) is 0 Å². The highest BCUT2D eigenvalue weighted by Crippen LogP contribution is 2.57. The predicted molar refractivity (Wildman–Crippen MR) is 182 cm³/mol. The van der Waals surface area contributed by atoms with Crippen LogP contribution in [0, 0.1) is 5.92 Å². The van der Waals surface area contributed by atoms with Crippen LogP contribution in [0.5, 0.6) is 23.0 Å². The summed E-state index contributed by atoms with van der Waals surface area (Å²) in [5, 5.41) is 1.09. The van der Waals surface area contributed by atoms with Gasteiger partial charge in [-0.15, -0.1) is 0 Å². The summed E-state index contributed by atoms with van der Waals surface area (Å²) in [6.07, 6.45) is -2.47. The van der Waals surface area contributed by atoms with E-state index in [1.54, 1.807) is 25.1 Å². The fourth-order valence-electron chi connectivity index (χ4n) is 8.58. The monoisotopic (exact) mass is 714 g/mol. The first-order valence-corrected chi connectivity index (χ1v) is 17.1. The highest BCUT2D eigenvalue weighted by Gasteiger charge is 2.50. The third-order valence-corrected chi connectivity index (χ3v) is 10.6. The molecule has 1 saturated heterocycles. The van der Waals surface area contributed by atoms with Gasteiger partial charge in [0.2, 0.25) is 0 Å². The number of Topliss-reactive ketones (excluding diaryl/α,β-unsaturated/α-hetero) is 3. The maximum absolute atomic E-state index is 14.3. The fraction of sp³-hybridized carbons (Fsp3) is 0.436. The summed E-state index contributed by atoms with van der Waals surface area (Å²) in [5.74, 6) is -0.130. The molecule has 0 bridgehead atoms. The van der Waals surface area contributed by atoms with Gasteiger partial charge in [0.05, 0.1) is 49.9 Å². The van der Waals surface area contributed by atoms with E-state index in [4.69, 9.17) is 42.6 Å². The first kappa shape index (κ1) is 34.3. The SMILES string of the molecule is COCOc1c2c(c(OCOC)c3c(OC)cc(-c4cc(OC)c5c(c4)C(=O)C4=C(C5=O)[C@@H]5CC(=O)C[C@@H]5O[C@H]4C)cc13)[C@@H]1OC(=O)C[C@@H]1O[C@H]2C. The van der Waals surface area contributed by atoms with E-state index in [0.717, 1.165) is 0 Å². The molecule has 3 aliphatic heterocycles. The smallest absolute Gasteiger partial charge is 0.309 e. The first-order valence-electron chi connectivity index (χ1n) is 17.1. The molecule has 2 fully saturated rings. The molecule has 0 amide bonds. The average Bonchev–Trinajstić information content (AvgIpc) is 3.70. The number of hydrogen-bond donors (Lipinski definition) is 0. The summed E-state index contributed by atoms with van der Waals surface area (Å²) < 4.78 is 53.2. The third kappa shape index (κ3) is 5.12. The standard InChI is InChI=1S/C39H38O13/c1-16-29-33(21-11-20(40)12-24(21)50-16)36(43)31-22(35(29)42)7-18(9-25(31)46-5)19-8-23-32(26(10-19)47-6)39(49-15-45-4)34-30(37(23)48-14-44-3)17(2)51-27-13-28(41)52-38(27)34/h7-10,16-17,21,24,27,38H,11-15H2,1-6H3/t16-,17-,21+,24-,27-,38+/m0/s1. The van der Waals surface area contributed by atoms with E-state index in [1.165, 1.54) is 28.4 Å². The zero-order chi connectivity index (χ0) is 36.6. The fourth-order valence-corrected chi connectivity index (χ4v) is 8.58. The Morgan fingerprint density at radius 3 is 2.08 bits per heavy atom. The van der Waals surface area contributed by atoms with E-state index in [0.29, 0.717) is 55.8 Å². The quantitative estimate of drug-likeness (QED) is 0.206. The van der Waals surface area contributed by atoms with Crippen molar-refractivity contribution in [2.75, 3.05) is 42.0 Å². The van der Waals surface area contributed by atoms with E-state index in [2.05, 4.69) is 0 Å². The molecule has 0 aromatic heterocycles. The van der Waals surface area contributed by atoms with Crippen LogP contribution in [0.1, 0.15) is 77.2 Å². The lowest BCUT2D eigenvalue weighted by Gasteiger charge is -2.36. The second kappa shape index (κ2) is 13.0. The van der Waals surface area contributed by atoms with Gasteiger partial charge < -0.3 is 42.6 Å². The first-order chi connectivity index (χ1) is 25.1. The molecule has 6 atom stereocenters. The van der Waals surface area contributed by atoms with Crippen LogP contribution < -0.4 is 18.9 Å². The number of rotatable bonds is 9. The van der Waals surface area contributed by atoms with Gasteiger partial charge in [0, 0.05) is 66.2 Å². The van der Waals surface area contributed by atoms with Crippen LogP contribution in [-0.4, -0.2) is 83.7 Å². The summed E-state index contributed by atoms with van der Waals surface area (Å²) in [6.45, 7) is 3.38. The highest BCUT2D eigenvalue weighted by atomic mass is 16.7. The number of benzene rings is 3. The molecule has 13 nitrogen and oxygen atoms in total. The largest absolute Gasteiger partial charge is 0.496 e. The van der Waals surface area contributed by atoms with Crippen molar-refractivity contribution in [3.05, 3.63) is 57.7 Å². The zero-order valence-electron chi connectivity index (χ0n) is 29.6. The highest BCUT2D eigenvalue weighted by molar-refractivity contribution is 6.29. The summed E-state index contributed by atoms with van der Waals surface area (Å²) in [7, 11) is 5.98. The number of ketones is 3. The van der Waals surface area contributed by atoms with Gasteiger partial charge in [0.25, 0.3) is 0 Å². The molecule has 8 rings (SSSR count). The van der Waals surface area contributed by atoms with Crippen LogP contribution in [0.25, 0.3) is 21.9 Å². The molecule has 52 heavy (non-hydrogen) atoms. The van der Waals surface area contributed by atoms with E-state index in [9.17, 15) is 19.2 Å². The van der Waals surface area contributed by atoms with Crippen molar-refractivity contribution < 1.29 is 61.8 Å². The van der Waals surface area contributed by atoms with Crippen LogP contribution in [0.2, 0.25) is 0 Å². The van der Waals surface area contributed by atoms with Crippen molar-refractivity contribution in [1.82, 2.24) is 0 Å². The molecule has 272 valence electrons. The van der Waals surface area contributed by atoms with Gasteiger partial charge in [0.1, 0.15) is 34.9 Å². The molecule has 3 heterocycles. The Balaban J connectivity index is 1.35. The minimum atomic E-state index is -0.763. The Bertz CT molecular complexity index is 2100. The van der Waals surface area contributed by atoms with Crippen molar-refractivity contribution >= 4 is 34.1 Å². The van der Waals surface area contributed by atoms with Gasteiger partial charge in [-0.2, -0.15) is 0 Å². The van der Waals surface area contributed by atoms with E-state index in [-0.39, 0.29) is 72.6 Å². The summed E-state index contributed by atoms with van der Waals surface area (Å²) in [6, 6.07) is 7.04. The van der Waals surface area contributed by atoms with Crippen molar-refractivity contribution in [2.45, 2.75) is 63.6 Å². The lowest BCUT2D eigenvalue weighted by atomic mass is 9.73. The molecular formula is C39H38O13. The average molecular weight is 715 g/mol. The number of methoxy groups -OCH3 is 4. The molecule has 5 aliphatic rings. The molecule has 0 radical (unpaired) electrons. The van der Waals surface area contributed by atoms with Crippen molar-refractivity contribution in [1.29, 1.82) is 0 Å². The molecule has 0 unspecified atom stereocenters. The molecule has 3 aromatic rings. The van der Waals surface area contributed by atoms with Crippen LogP contribution >= 0.6 is 0 Å². The van der Waals surface area contributed by atoms with E-state index < -0.39 is 42.4 Å². The van der Waals surface area contributed by atoms with Crippen LogP contribution in [-0.2, 0) is 33.3 Å². The molecule has 3 aromatic carbocycles. The Hall–Kier alpha value is -4.82. The zero-order valence-corrected chi connectivity index (χ0v) is 29.6. The summed E-state index contributed by atoms with van der Waals surface area (Å²) in [4.78, 5) is 53.5. The van der Waals surface area contributed by atoms with E-state index in [1.807, 2.05) is 13.0 Å². The molecular weight excluding hydrogens is 676 g/mol. The lowest BCUT2D eigenvalue weighted by Crippen LogP contribution is -2.41. The normalized spacial score (nSPS) is 26.0. The molecule has 1 saturated carbocycles. The van der Waals surface area contributed by atoms with Crippen molar-refractivity contribution in [2.24, 2.45) is 5.92 Å². The Morgan fingerprint density at radius 2 is 1.37 bits per heavy atom. The minimum absolute atomic E-state index is 0.00508. The number of ether oxygens (including phenoxy) is 9. The van der Waals surface area contributed by atoms with Crippen LogP contribution in [0.4, 0.5) is 0 Å². The topological polar surface area (TPSA) is 151 Å². The molecule has 0 spiro atoms. The maximum atomic E-state index is 14.3. The number of hydrogen-bond acceptors (Lipinski definition) is 13. The van der Waals surface area contributed by atoms with Crippen molar-refractivity contribution in [3.8, 4) is 34.1 Å². The Kier molecular flexibility index (Phi) is 8.56. The number of fused-ring (bicyclic) bond motifs is 7. The van der Waals surface area contributed by atoms with Gasteiger partial charge in [-0.1, -0.05) is 0 Å². The second-order valence-electron chi connectivity index (χ2n) is 13.6. The van der Waals surface area contributed by atoms with Gasteiger partial charge >= 0.3 is 5.97 Å². The summed E-state index contributed by atoms with van der Waals surface area (Å²) >= 11 is 0. The minimum Gasteiger partial charge on any atom is -0.496 e. The number of carbonyl (C=O) groups excluding carboxylic acids is 4. The van der Waals surface area contributed by atoms with E-state index >= 15 is 0 Å².